The number of allylic oxidation sites excluding steroid dienone is 1. The molecule has 0 aromatic heterocycles. The summed E-state index contributed by atoms with van der Waals surface area (Å²) in [5, 5.41) is 2.99. The van der Waals surface area contributed by atoms with Crippen LogP contribution in [0.2, 0.25) is 0 Å². The first-order valence-electron chi connectivity index (χ1n) is 5.40. The molecule has 0 aromatic carbocycles. The molecule has 1 atom stereocenters. The van der Waals surface area contributed by atoms with Crippen LogP contribution < -0.4 is 5.32 Å². The first kappa shape index (κ1) is 9.71. The quantitative estimate of drug-likeness (QED) is 0.629. The second kappa shape index (κ2) is 3.73. The van der Waals surface area contributed by atoms with Gasteiger partial charge in [0, 0.05) is 12.2 Å². The van der Waals surface area contributed by atoms with Gasteiger partial charge in [0.1, 0.15) is 0 Å². The molecule has 0 saturated carbocycles. The number of hydrogen-bond acceptors (Lipinski definition) is 2. The second-order valence-electron chi connectivity index (χ2n) is 4.38. The number of nitrogens with one attached hydrogen (secondary N) is 1. The van der Waals surface area contributed by atoms with Gasteiger partial charge in [0.15, 0.2) is 0 Å². The third kappa shape index (κ3) is 1.69. The third-order valence-electron chi connectivity index (χ3n) is 3.31. The van der Waals surface area contributed by atoms with Crippen LogP contribution in [0.3, 0.4) is 0 Å². The van der Waals surface area contributed by atoms with Gasteiger partial charge < -0.3 is 5.32 Å². The minimum atomic E-state index is 0.121. The topological polar surface area (TPSA) is 32.3 Å². The number of rotatable bonds is 0. The highest BCUT2D eigenvalue weighted by Gasteiger charge is 2.30. The van der Waals surface area contributed by atoms with Crippen molar-refractivity contribution in [2.75, 3.05) is 13.1 Å². The van der Waals surface area contributed by atoms with E-state index in [9.17, 15) is 4.79 Å². The molecule has 1 unspecified atom stereocenters. The summed E-state index contributed by atoms with van der Waals surface area (Å²) >= 11 is 0. The number of carbonyl (C=O) groups is 1. The van der Waals surface area contributed by atoms with Gasteiger partial charge in [0.25, 0.3) is 0 Å². The molecule has 2 aliphatic rings. The van der Waals surface area contributed by atoms with E-state index in [4.69, 9.17) is 0 Å². The van der Waals surface area contributed by atoms with Crippen LogP contribution >= 0.6 is 0 Å². The zero-order valence-corrected chi connectivity index (χ0v) is 8.97. The Kier molecular flexibility index (Phi) is 2.59. The van der Waals surface area contributed by atoms with E-state index in [0.717, 1.165) is 25.2 Å². The fraction of sp³-hybridized carbons (Fsp3) is 0.727. The highest BCUT2D eigenvalue weighted by atomic mass is 16.2. The van der Waals surface area contributed by atoms with Gasteiger partial charge in [-0.3, -0.25) is 9.69 Å². The number of amides is 1. The summed E-state index contributed by atoms with van der Waals surface area (Å²) in [6.07, 6.45) is 3.44. The summed E-state index contributed by atoms with van der Waals surface area (Å²) in [6, 6.07) is 0.121. The minimum absolute atomic E-state index is 0.121. The fourth-order valence-corrected chi connectivity index (χ4v) is 2.28. The lowest BCUT2D eigenvalue weighted by molar-refractivity contribution is -0.126. The van der Waals surface area contributed by atoms with Gasteiger partial charge >= 0.3 is 0 Å². The van der Waals surface area contributed by atoms with E-state index in [-0.39, 0.29) is 11.9 Å². The summed E-state index contributed by atoms with van der Waals surface area (Å²) in [6.45, 7) is 6.12. The molecule has 2 aliphatic heterocycles. The molecule has 14 heavy (non-hydrogen) atoms. The number of fused-ring (bicyclic) bond motifs is 1. The van der Waals surface area contributed by atoms with E-state index in [1.807, 2.05) is 6.92 Å². The molecule has 3 nitrogen and oxygen atoms in total. The average molecular weight is 194 g/mol. The Bertz CT molecular complexity index is 283. The SMILES string of the molecule is CC1=C(C)NC(=O)C2CCCCN2C1. The molecule has 1 fully saturated rings. The zero-order chi connectivity index (χ0) is 10.1. The maximum Gasteiger partial charge on any atom is 0.241 e. The molecule has 2 rings (SSSR count). The first-order chi connectivity index (χ1) is 6.68. The maximum absolute atomic E-state index is 11.8. The lowest BCUT2D eigenvalue weighted by Gasteiger charge is -2.32. The second-order valence-corrected chi connectivity index (χ2v) is 4.38. The minimum Gasteiger partial charge on any atom is -0.329 e. The molecule has 1 amide bonds. The maximum atomic E-state index is 11.8. The van der Waals surface area contributed by atoms with Gasteiger partial charge in [-0.25, -0.2) is 0 Å². The monoisotopic (exact) mass is 194 g/mol. The van der Waals surface area contributed by atoms with Gasteiger partial charge in [-0.2, -0.15) is 0 Å². The summed E-state index contributed by atoms with van der Waals surface area (Å²) in [5.41, 5.74) is 2.34. The summed E-state index contributed by atoms with van der Waals surface area (Å²) in [5.74, 6) is 0.194. The lowest BCUT2D eigenvalue weighted by atomic mass is 10.0. The van der Waals surface area contributed by atoms with E-state index >= 15 is 0 Å². The predicted octanol–water partition coefficient (Wildman–Crippen LogP) is 1.26. The van der Waals surface area contributed by atoms with E-state index in [2.05, 4.69) is 17.1 Å². The van der Waals surface area contributed by atoms with Crippen molar-refractivity contribution in [2.45, 2.75) is 39.2 Å². The van der Waals surface area contributed by atoms with E-state index in [1.165, 1.54) is 18.4 Å². The summed E-state index contributed by atoms with van der Waals surface area (Å²) < 4.78 is 0. The molecule has 1 saturated heterocycles. The molecular formula is C11H18N2O. The average Bonchev–Trinajstić information content (AvgIpc) is 2.27. The fourth-order valence-electron chi connectivity index (χ4n) is 2.28. The van der Waals surface area contributed by atoms with Crippen molar-refractivity contribution in [3.8, 4) is 0 Å². The Hall–Kier alpha value is -0.830. The largest absolute Gasteiger partial charge is 0.329 e. The van der Waals surface area contributed by atoms with Gasteiger partial charge in [-0.15, -0.1) is 0 Å². The molecule has 3 heteroatoms. The van der Waals surface area contributed by atoms with Crippen LogP contribution in [0.1, 0.15) is 33.1 Å². The highest BCUT2D eigenvalue weighted by Crippen LogP contribution is 2.21. The number of carbonyl (C=O) groups excluding carboxylic acids is 1. The molecule has 0 aromatic rings. The Morgan fingerprint density at radius 2 is 2.14 bits per heavy atom. The standard InChI is InChI=1S/C11H18N2O/c1-8-7-13-6-4-3-5-10(13)11(14)12-9(8)2/h10H,3-7H2,1-2H3,(H,12,14). The number of nitrogens with zero attached hydrogens (tertiary/aromatic N) is 1. The van der Waals surface area contributed by atoms with Crippen LogP contribution in [0.25, 0.3) is 0 Å². The number of hydrogen-bond donors (Lipinski definition) is 1. The van der Waals surface area contributed by atoms with Crippen LogP contribution in [0.5, 0.6) is 0 Å². The smallest absolute Gasteiger partial charge is 0.241 e. The molecule has 0 radical (unpaired) electrons. The molecular weight excluding hydrogens is 176 g/mol. The van der Waals surface area contributed by atoms with Crippen molar-refractivity contribution in [2.24, 2.45) is 0 Å². The zero-order valence-electron chi connectivity index (χ0n) is 8.97. The molecule has 0 aliphatic carbocycles. The van der Waals surface area contributed by atoms with E-state index in [0.29, 0.717) is 0 Å². The molecule has 78 valence electrons. The van der Waals surface area contributed by atoms with Crippen LogP contribution in [0.4, 0.5) is 0 Å². The van der Waals surface area contributed by atoms with Crippen molar-refractivity contribution in [1.82, 2.24) is 10.2 Å². The summed E-state index contributed by atoms with van der Waals surface area (Å²) in [4.78, 5) is 14.1. The van der Waals surface area contributed by atoms with Gasteiger partial charge in [-0.05, 0) is 38.8 Å². The van der Waals surface area contributed by atoms with Crippen molar-refractivity contribution in [3.05, 3.63) is 11.3 Å². The van der Waals surface area contributed by atoms with Crippen LogP contribution in [0.15, 0.2) is 11.3 Å². The van der Waals surface area contributed by atoms with Crippen molar-refractivity contribution in [1.29, 1.82) is 0 Å². The molecule has 0 spiro atoms. The van der Waals surface area contributed by atoms with E-state index < -0.39 is 0 Å². The Labute approximate surface area is 85.2 Å². The van der Waals surface area contributed by atoms with Crippen LogP contribution in [-0.4, -0.2) is 29.9 Å². The van der Waals surface area contributed by atoms with Crippen molar-refractivity contribution in [3.63, 3.8) is 0 Å². The highest BCUT2D eigenvalue weighted by molar-refractivity contribution is 5.84. The lowest BCUT2D eigenvalue weighted by Crippen LogP contribution is -2.47. The molecule has 0 bridgehead atoms. The predicted molar refractivity (Wildman–Crippen MR) is 55.7 cm³/mol. The van der Waals surface area contributed by atoms with Crippen LogP contribution in [-0.2, 0) is 4.79 Å². The number of piperidine rings is 1. The van der Waals surface area contributed by atoms with Crippen molar-refractivity contribution >= 4 is 5.91 Å². The van der Waals surface area contributed by atoms with Gasteiger partial charge in [0.2, 0.25) is 5.91 Å². The third-order valence-corrected chi connectivity index (χ3v) is 3.31. The normalized spacial score (nSPS) is 29.6. The summed E-state index contributed by atoms with van der Waals surface area (Å²) in [7, 11) is 0. The first-order valence-corrected chi connectivity index (χ1v) is 5.40. The Morgan fingerprint density at radius 1 is 1.36 bits per heavy atom. The van der Waals surface area contributed by atoms with E-state index in [1.54, 1.807) is 0 Å². The van der Waals surface area contributed by atoms with Gasteiger partial charge in [-0.1, -0.05) is 6.42 Å². The Balaban J connectivity index is 2.21. The van der Waals surface area contributed by atoms with Crippen molar-refractivity contribution < 1.29 is 4.79 Å². The van der Waals surface area contributed by atoms with Crippen LogP contribution in [0, 0.1) is 0 Å². The molecule has 1 N–H and O–H groups in total. The Morgan fingerprint density at radius 3 is 2.93 bits per heavy atom. The molecule has 2 heterocycles. The van der Waals surface area contributed by atoms with Gasteiger partial charge in [0.05, 0.1) is 6.04 Å².